The summed E-state index contributed by atoms with van der Waals surface area (Å²) in [6, 6.07) is 8.36. The van der Waals surface area contributed by atoms with Gasteiger partial charge in [-0.05, 0) is 44.5 Å². The zero-order valence-electron chi connectivity index (χ0n) is 11.7. The Labute approximate surface area is 118 Å². The summed E-state index contributed by atoms with van der Waals surface area (Å²) in [5.74, 6) is -0.803. The van der Waals surface area contributed by atoms with Gasteiger partial charge in [-0.3, -0.25) is 9.69 Å². The number of aromatic amines is 1. The largest absolute Gasteiger partial charge is 0.481 e. The van der Waals surface area contributed by atoms with E-state index in [0.717, 1.165) is 32.5 Å². The molecule has 0 saturated carbocycles. The molecule has 4 nitrogen and oxygen atoms in total. The summed E-state index contributed by atoms with van der Waals surface area (Å²) in [5.41, 5.74) is 3.74. The van der Waals surface area contributed by atoms with Gasteiger partial charge in [0.2, 0.25) is 0 Å². The second-order valence-electron chi connectivity index (χ2n) is 5.66. The molecule has 0 unspecified atom stereocenters. The van der Waals surface area contributed by atoms with E-state index in [9.17, 15) is 4.79 Å². The molecule has 0 radical (unpaired) electrons. The van der Waals surface area contributed by atoms with Crippen molar-refractivity contribution in [3.63, 3.8) is 0 Å². The molecular weight excluding hydrogens is 252 g/mol. The molecule has 2 N–H and O–H groups in total. The SMILES string of the molecule is Cc1[nH]c2ccccc2c1CN1CCC(C(=O)O)CC1. The number of hydrogen-bond acceptors (Lipinski definition) is 2. The van der Waals surface area contributed by atoms with Crippen LogP contribution >= 0.6 is 0 Å². The lowest BCUT2D eigenvalue weighted by Gasteiger charge is -2.30. The zero-order valence-corrected chi connectivity index (χ0v) is 11.7. The van der Waals surface area contributed by atoms with Crippen LogP contribution in [-0.4, -0.2) is 34.0 Å². The first-order valence-corrected chi connectivity index (χ1v) is 7.16. The number of carboxylic acid groups (broad SMARTS) is 1. The Morgan fingerprint density at radius 1 is 1.35 bits per heavy atom. The highest BCUT2D eigenvalue weighted by Crippen LogP contribution is 2.25. The maximum absolute atomic E-state index is 11.0. The third kappa shape index (κ3) is 2.43. The van der Waals surface area contributed by atoms with Crippen LogP contribution < -0.4 is 0 Å². The van der Waals surface area contributed by atoms with Crippen LogP contribution in [0, 0.1) is 12.8 Å². The topological polar surface area (TPSA) is 56.3 Å². The maximum atomic E-state index is 11.0. The lowest BCUT2D eigenvalue weighted by Crippen LogP contribution is -2.35. The summed E-state index contributed by atoms with van der Waals surface area (Å²) in [7, 11) is 0. The third-order valence-electron chi connectivity index (χ3n) is 4.35. The van der Waals surface area contributed by atoms with Gasteiger partial charge in [-0.1, -0.05) is 18.2 Å². The van der Waals surface area contributed by atoms with Crippen molar-refractivity contribution in [2.75, 3.05) is 13.1 Å². The van der Waals surface area contributed by atoms with E-state index in [4.69, 9.17) is 5.11 Å². The number of aliphatic carboxylic acids is 1. The van der Waals surface area contributed by atoms with Crippen molar-refractivity contribution in [3.05, 3.63) is 35.5 Å². The van der Waals surface area contributed by atoms with Crippen LogP contribution in [0.3, 0.4) is 0 Å². The molecule has 0 atom stereocenters. The molecule has 0 spiro atoms. The summed E-state index contributed by atoms with van der Waals surface area (Å²) >= 11 is 0. The van der Waals surface area contributed by atoms with Gasteiger partial charge in [0.15, 0.2) is 0 Å². The molecule has 2 heterocycles. The van der Waals surface area contributed by atoms with Crippen LogP contribution in [-0.2, 0) is 11.3 Å². The van der Waals surface area contributed by atoms with E-state index in [-0.39, 0.29) is 5.92 Å². The third-order valence-corrected chi connectivity index (χ3v) is 4.35. The fraction of sp³-hybridized carbons (Fsp3) is 0.438. The number of aromatic nitrogens is 1. The Morgan fingerprint density at radius 3 is 2.75 bits per heavy atom. The van der Waals surface area contributed by atoms with E-state index in [0.29, 0.717) is 0 Å². The van der Waals surface area contributed by atoms with Crippen LogP contribution in [0.4, 0.5) is 0 Å². The van der Waals surface area contributed by atoms with Crippen molar-refractivity contribution >= 4 is 16.9 Å². The summed E-state index contributed by atoms with van der Waals surface area (Å²) in [5, 5.41) is 10.3. The minimum atomic E-state index is -0.645. The molecule has 3 rings (SSSR count). The van der Waals surface area contributed by atoms with E-state index < -0.39 is 5.97 Å². The molecule has 1 aromatic heterocycles. The van der Waals surface area contributed by atoms with Crippen molar-refractivity contribution in [2.45, 2.75) is 26.3 Å². The number of nitrogens with one attached hydrogen (secondary N) is 1. The van der Waals surface area contributed by atoms with E-state index in [1.54, 1.807) is 0 Å². The number of piperidine rings is 1. The van der Waals surface area contributed by atoms with Gasteiger partial charge in [0.25, 0.3) is 0 Å². The second kappa shape index (κ2) is 5.29. The molecule has 2 aromatic rings. The van der Waals surface area contributed by atoms with Crippen molar-refractivity contribution in [2.24, 2.45) is 5.92 Å². The number of likely N-dealkylation sites (tertiary alicyclic amines) is 1. The number of rotatable bonds is 3. The molecule has 1 aromatic carbocycles. The Kier molecular flexibility index (Phi) is 3.49. The molecule has 20 heavy (non-hydrogen) atoms. The van der Waals surface area contributed by atoms with Crippen LogP contribution in [0.15, 0.2) is 24.3 Å². The minimum Gasteiger partial charge on any atom is -0.481 e. The summed E-state index contributed by atoms with van der Waals surface area (Å²) in [4.78, 5) is 16.8. The average Bonchev–Trinajstić information content (AvgIpc) is 2.76. The van der Waals surface area contributed by atoms with Gasteiger partial charge >= 0.3 is 5.97 Å². The molecule has 0 bridgehead atoms. The number of carbonyl (C=O) groups is 1. The Morgan fingerprint density at radius 2 is 2.05 bits per heavy atom. The number of H-pyrrole nitrogens is 1. The van der Waals surface area contributed by atoms with Crippen LogP contribution in [0.25, 0.3) is 10.9 Å². The van der Waals surface area contributed by atoms with Gasteiger partial charge in [-0.25, -0.2) is 0 Å². The smallest absolute Gasteiger partial charge is 0.306 e. The highest BCUT2D eigenvalue weighted by atomic mass is 16.4. The molecule has 0 amide bonds. The predicted octanol–water partition coefficient (Wildman–Crippen LogP) is 2.77. The van der Waals surface area contributed by atoms with Crippen molar-refractivity contribution in [3.8, 4) is 0 Å². The lowest BCUT2D eigenvalue weighted by atomic mass is 9.96. The van der Waals surface area contributed by atoms with Crippen molar-refractivity contribution in [1.29, 1.82) is 0 Å². The standard InChI is InChI=1S/C16H20N2O2/c1-11-14(13-4-2-3-5-15(13)17-11)10-18-8-6-12(7-9-18)16(19)20/h2-5,12,17H,6-10H2,1H3,(H,19,20). The predicted molar refractivity (Wildman–Crippen MR) is 78.7 cm³/mol. The molecule has 4 heteroatoms. The molecule has 0 aliphatic carbocycles. The number of fused-ring (bicyclic) bond motifs is 1. The molecule has 1 saturated heterocycles. The van der Waals surface area contributed by atoms with Gasteiger partial charge in [-0.15, -0.1) is 0 Å². The number of aryl methyl sites for hydroxylation is 1. The molecule has 1 aliphatic rings. The van der Waals surface area contributed by atoms with Gasteiger partial charge in [0.05, 0.1) is 5.92 Å². The van der Waals surface area contributed by atoms with E-state index in [1.807, 2.05) is 6.07 Å². The van der Waals surface area contributed by atoms with Crippen LogP contribution in [0.5, 0.6) is 0 Å². The summed E-state index contributed by atoms with van der Waals surface area (Å²) in [6.45, 7) is 4.76. The lowest BCUT2D eigenvalue weighted by molar-refractivity contribution is -0.143. The summed E-state index contributed by atoms with van der Waals surface area (Å²) in [6.07, 6.45) is 1.52. The van der Waals surface area contributed by atoms with Gasteiger partial charge in [0.1, 0.15) is 0 Å². The first kappa shape index (κ1) is 13.2. The second-order valence-corrected chi connectivity index (χ2v) is 5.66. The van der Waals surface area contributed by atoms with Crippen LogP contribution in [0.2, 0.25) is 0 Å². The number of nitrogens with zero attached hydrogens (tertiary/aromatic N) is 1. The fourth-order valence-corrected chi connectivity index (χ4v) is 3.10. The Bertz CT molecular complexity index is 624. The summed E-state index contributed by atoms with van der Waals surface area (Å²) < 4.78 is 0. The number of para-hydroxylation sites is 1. The maximum Gasteiger partial charge on any atom is 0.306 e. The van der Waals surface area contributed by atoms with E-state index in [1.165, 1.54) is 22.2 Å². The van der Waals surface area contributed by atoms with Crippen molar-refractivity contribution < 1.29 is 9.90 Å². The Balaban J connectivity index is 1.74. The van der Waals surface area contributed by atoms with E-state index >= 15 is 0 Å². The molecule has 1 aliphatic heterocycles. The molecular formula is C16H20N2O2. The monoisotopic (exact) mass is 272 g/mol. The van der Waals surface area contributed by atoms with Gasteiger partial charge in [-0.2, -0.15) is 0 Å². The van der Waals surface area contributed by atoms with Crippen LogP contribution in [0.1, 0.15) is 24.1 Å². The van der Waals surface area contributed by atoms with Crippen molar-refractivity contribution in [1.82, 2.24) is 9.88 Å². The minimum absolute atomic E-state index is 0.157. The Hall–Kier alpha value is -1.81. The zero-order chi connectivity index (χ0) is 14.1. The number of hydrogen-bond donors (Lipinski definition) is 2. The van der Waals surface area contributed by atoms with E-state index in [2.05, 4.69) is 35.0 Å². The molecule has 106 valence electrons. The normalized spacial score (nSPS) is 17.6. The highest BCUT2D eigenvalue weighted by molar-refractivity contribution is 5.84. The number of carboxylic acids is 1. The highest BCUT2D eigenvalue weighted by Gasteiger charge is 2.25. The van der Waals surface area contributed by atoms with Gasteiger partial charge in [0, 0.05) is 23.1 Å². The first-order valence-electron chi connectivity index (χ1n) is 7.16. The van der Waals surface area contributed by atoms with Gasteiger partial charge < -0.3 is 10.1 Å². The first-order chi connectivity index (χ1) is 9.65. The molecule has 1 fully saturated rings. The quantitative estimate of drug-likeness (QED) is 0.903. The fourth-order valence-electron chi connectivity index (χ4n) is 3.10. The average molecular weight is 272 g/mol. The number of benzene rings is 1.